The van der Waals surface area contributed by atoms with Crippen molar-refractivity contribution in [2.45, 2.75) is 26.2 Å². The molecule has 0 aliphatic carbocycles. The Balaban J connectivity index is 1.80. The van der Waals surface area contributed by atoms with Gasteiger partial charge in [-0.05, 0) is 62.7 Å². The van der Waals surface area contributed by atoms with Gasteiger partial charge in [-0.25, -0.2) is 0 Å². The summed E-state index contributed by atoms with van der Waals surface area (Å²) in [6, 6.07) is 15.3. The highest BCUT2D eigenvalue weighted by molar-refractivity contribution is 6.34. The number of halogens is 2. The fraction of sp³-hybridized carbons (Fsp3) is 0.167. The molecule has 0 aliphatic rings. The summed E-state index contributed by atoms with van der Waals surface area (Å²) in [7, 11) is 0. The quantitative estimate of drug-likeness (QED) is 0.481. The first-order valence-corrected chi connectivity index (χ1v) is 10.4. The van der Waals surface area contributed by atoms with Gasteiger partial charge < -0.3 is 10.6 Å². The Morgan fingerprint density at radius 1 is 0.969 bits per heavy atom. The summed E-state index contributed by atoms with van der Waals surface area (Å²) in [5.74, 6) is -0.839. The summed E-state index contributed by atoms with van der Waals surface area (Å²) in [5.41, 5.74) is 2.05. The maximum Gasteiger partial charge on any atom is 0.257 e. The van der Waals surface area contributed by atoms with Gasteiger partial charge in [0.2, 0.25) is 0 Å². The molecule has 162 valence electrons. The Morgan fingerprint density at radius 3 is 2.38 bits per heavy atom. The lowest BCUT2D eigenvalue weighted by Gasteiger charge is -2.16. The summed E-state index contributed by atoms with van der Waals surface area (Å²) in [4.78, 5) is 29.6. The van der Waals surface area contributed by atoms with Crippen molar-refractivity contribution in [3.8, 4) is 6.07 Å². The van der Waals surface area contributed by atoms with Crippen LogP contribution < -0.4 is 10.6 Å². The highest BCUT2D eigenvalue weighted by Crippen LogP contribution is 2.25. The van der Waals surface area contributed by atoms with Crippen LogP contribution in [-0.2, 0) is 5.41 Å². The maximum atomic E-state index is 12.8. The van der Waals surface area contributed by atoms with Crippen molar-refractivity contribution >= 4 is 46.4 Å². The largest absolute Gasteiger partial charge is 0.322 e. The molecule has 1 aromatic heterocycles. The second-order valence-electron chi connectivity index (χ2n) is 7.71. The van der Waals surface area contributed by atoms with Gasteiger partial charge in [0, 0.05) is 11.3 Å². The average Bonchev–Trinajstić information content (AvgIpc) is 2.77. The molecule has 2 amide bonds. The van der Waals surface area contributed by atoms with E-state index < -0.39 is 11.3 Å². The van der Waals surface area contributed by atoms with Crippen LogP contribution in [0.15, 0.2) is 54.7 Å². The monoisotopic (exact) mass is 466 g/mol. The molecule has 0 spiro atoms. The highest BCUT2D eigenvalue weighted by atomic mass is 35.5. The number of nitrogens with one attached hydrogen (secondary N) is 2. The Hall–Kier alpha value is -3.40. The van der Waals surface area contributed by atoms with Crippen LogP contribution in [0.1, 0.15) is 45.8 Å². The minimum absolute atomic E-state index is 0.181. The van der Waals surface area contributed by atoms with Gasteiger partial charge in [-0.15, -0.1) is 0 Å². The molecule has 0 fully saturated rings. The number of carbonyl (C=O) groups is 2. The summed E-state index contributed by atoms with van der Waals surface area (Å²) >= 11 is 12.3. The first kappa shape index (κ1) is 23.3. The molecule has 0 atom stereocenters. The molecular weight excluding hydrogens is 447 g/mol. The number of hydrogen-bond donors (Lipinski definition) is 2. The molecular formula is C24H20Cl2N4O2. The van der Waals surface area contributed by atoms with E-state index in [1.807, 2.05) is 0 Å². The van der Waals surface area contributed by atoms with Crippen molar-refractivity contribution in [2.75, 3.05) is 10.6 Å². The fourth-order valence-electron chi connectivity index (χ4n) is 2.87. The van der Waals surface area contributed by atoms with Crippen molar-refractivity contribution in [1.82, 2.24) is 4.98 Å². The molecule has 0 saturated carbocycles. The van der Waals surface area contributed by atoms with E-state index >= 15 is 0 Å². The van der Waals surface area contributed by atoms with E-state index in [4.69, 9.17) is 23.2 Å². The SMILES string of the molecule is Cc1ncc(NC(=O)c2cc(NC(=O)c3cccc(C(C)(C)C#N)c3)ccc2Cl)cc1Cl. The summed E-state index contributed by atoms with van der Waals surface area (Å²) in [6.45, 7) is 5.32. The van der Waals surface area contributed by atoms with Crippen molar-refractivity contribution in [2.24, 2.45) is 0 Å². The Labute approximate surface area is 196 Å². The van der Waals surface area contributed by atoms with Crippen LogP contribution in [-0.4, -0.2) is 16.8 Å². The smallest absolute Gasteiger partial charge is 0.257 e. The van der Waals surface area contributed by atoms with Crippen molar-refractivity contribution < 1.29 is 9.59 Å². The van der Waals surface area contributed by atoms with Crippen LogP contribution in [0, 0.1) is 18.3 Å². The van der Waals surface area contributed by atoms with Crippen LogP contribution in [0.5, 0.6) is 0 Å². The summed E-state index contributed by atoms with van der Waals surface area (Å²) in [5, 5.41) is 15.5. The van der Waals surface area contributed by atoms with E-state index in [1.54, 1.807) is 57.2 Å². The average molecular weight is 467 g/mol. The van der Waals surface area contributed by atoms with E-state index in [2.05, 4.69) is 21.7 Å². The number of anilines is 2. The molecule has 0 aliphatic heterocycles. The van der Waals surface area contributed by atoms with Crippen LogP contribution in [0.25, 0.3) is 0 Å². The molecule has 3 aromatic rings. The van der Waals surface area contributed by atoms with Crippen molar-refractivity contribution in [3.05, 3.63) is 87.2 Å². The van der Waals surface area contributed by atoms with Gasteiger partial charge in [0.05, 0.1) is 44.7 Å². The predicted molar refractivity (Wildman–Crippen MR) is 126 cm³/mol. The van der Waals surface area contributed by atoms with Gasteiger partial charge in [-0.1, -0.05) is 35.3 Å². The van der Waals surface area contributed by atoms with Gasteiger partial charge >= 0.3 is 0 Å². The number of amides is 2. The Morgan fingerprint density at radius 2 is 1.69 bits per heavy atom. The highest BCUT2D eigenvalue weighted by Gasteiger charge is 2.21. The number of rotatable bonds is 5. The van der Waals surface area contributed by atoms with E-state index in [0.717, 1.165) is 5.56 Å². The van der Waals surface area contributed by atoms with E-state index in [1.165, 1.54) is 18.3 Å². The molecule has 6 nitrogen and oxygen atoms in total. The first-order chi connectivity index (χ1) is 15.1. The molecule has 1 heterocycles. The number of pyridine rings is 1. The zero-order valence-corrected chi connectivity index (χ0v) is 19.2. The number of carbonyl (C=O) groups excluding carboxylic acids is 2. The lowest BCUT2D eigenvalue weighted by molar-refractivity contribution is 0.101. The zero-order valence-electron chi connectivity index (χ0n) is 17.7. The van der Waals surface area contributed by atoms with Crippen LogP contribution in [0.3, 0.4) is 0 Å². The van der Waals surface area contributed by atoms with Crippen molar-refractivity contribution in [1.29, 1.82) is 5.26 Å². The van der Waals surface area contributed by atoms with E-state index in [0.29, 0.717) is 27.7 Å². The number of nitrogens with zero attached hydrogens (tertiary/aromatic N) is 2. The molecule has 3 rings (SSSR count). The number of benzene rings is 2. The van der Waals surface area contributed by atoms with Gasteiger partial charge in [0.15, 0.2) is 0 Å². The standard InChI is InChI=1S/C24H20Cl2N4O2/c1-14-21(26)11-18(12-28-14)30-23(32)19-10-17(7-8-20(19)25)29-22(31)15-5-4-6-16(9-15)24(2,3)13-27/h4-12H,1-3H3,(H,29,31)(H,30,32). The lowest BCUT2D eigenvalue weighted by atomic mass is 9.85. The Bertz CT molecular complexity index is 1250. The zero-order chi connectivity index (χ0) is 23.5. The maximum absolute atomic E-state index is 12.8. The van der Waals surface area contributed by atoms with Crippen LogP contribution in [0.4, 0.5) is 11.4 Å². The molecule has 0 unspecified atom stereocenters. The number of aromatic nitrogens is 1. The van der Waals surface area contributed by atoms with Gasteiger partial charge in [-0.3, -0.25) is 14.6 Å². The van der Waals surface area contributed by atoms with E-state index in [-0.39, 0.29) is 16.5 Å². The number of hydrogen-bond acceptors (Lipinski definition) is 4. The second kappa shape index (κ2) is 9.39. The number of nitriles is 1. The minimum atomic E-state index is -0.727. The molecule has 8 heteroatoms. The molecule has 0 bridgehead atoms. The molecule has 2 aromatic carbocycles. The first-order valence-electron chi connectivity index (χ1n) is 9.67. The van der Waals surface area contributed by atoms with E-state index in [9.17, 15) is 14.9 Å². The molecule has 2 N–H and O–H groups in total. The van der Waals surface area contributed by atoms with Gasteiger partial charge in [0.25, 0.3) is 11.8 Å². The normalized spacial score (nSPS) is 10.9. The molecule has 0 radical (unpaired) electrons. The van der Waals surface area contributed by atoms with Crippen LogP contribution >= 0.6 is 23.2 Å². The fourth-order valence-corrected chi connectivity index (χ4v) is 3.24. The topological polar surface area (TPSA) is 94.9 Å². The van der Waals surface area contributed by atoms with Crippen LogP contribution in [0.2, 0.25) is 10.0 Å². The summed E-state index contributed by atoms with van der Waals surface area (Å²) < 4.78 is 0. The third kappa shape index (κ3) is 5.25. The molecule has 32 heavy (non-hydrogen) atoms. The number of aryl methyl sites for hydroxylation is 1. The van der Waals surface area contributed by atoms with Crippen molar-refractivity contribution in [3.63, 3.8) is 0 Å². The lowest BCUT2D eigenvalue weighted by Crippen LogP contribution is -2.17. The van der Waals surface area contributed by atoms with Gasteiger partial charge in [0.1, 0.15) is 0 Å². The summed E-state index contributed by atoms with van der Waals surface area (Å²) in [6.07, 6.45) is 1.49. The third-order valence-corrected chi connectivity index (χ3v) is 5.59. The third-order valence-electron chi connectivity index (χ3n) is 4.88. The van der Waals surface area contributed by atoms with Gasteiger partial charge in [-0.2, -0.15) is 5.26 Å². The Kier molecular flexibility index (Phi) is 6.83. The minimum Gasteiger partial charge on any atom is -0.322 e. The second-order valence-corrected chi connectivity index (χ2v) is 8.53. The predicted octanol–water partition coefficient (Wildman–Crippen LogP) is 6.00. The molecule has 0 saturated heterocycles.